The minimum absolute atomic E-state index is 0.603. The van der Waals surface area contributed by atoms with Crippen molar-refractivity contribution in [2.45, 2.75) is 38.8 Å². The van der Waals surface area contributed by atoms with Crippen molar-refractivity contribution in [3.63, 3.8) is 0 Å². The molecule has 1 atom stereocenters. The molecule has 19 heavy (non-hydrogen) atoms. The molecule has 4 nitrogen and oxygen atoms in total. The molecule has 2 heterocycles. The molecule has 0 saturated carbocycles. The number of rotatable bonds is 6. The molecule has 0 aromatic carbocycles. The molecule has 106 valence electrons. The summed E-state index contributed by atoms with van der Waals surface area (Å²) in [6.45, 7) is 6.62. The van der Waals surface area contributed by atoms with Crippen molar-refractivity contribution in [2.24, 2.45) is 0 Å². The lowest BCUT2D eigenvalue weighted by Crippen LogP contribution is -2.43. The van der Waals surface area contributed by atoms with Crippen molar-refractivity contribution >= 4 is 0 Å². The zero-order valence-electron chi connectivity index (χ0n) is 12.1. The molecule has 1 N–H and O–H groups in total. The highest BCUT2D eigenvalue weighted by Crippen LogP contribution is 2.11. The van der Waals surface area contributed by atoms with Gasteiger partial charge in [-0.25, -0.2) is 4.98 Å². The normalized spacial score (nSPS) is 18.2. The Morgan fingerprint density at radius 2 is 2.11 bits per heavy atom. The smallest absolute Gasteiger partial charge is 0.213 e. The first kappa shape index (κ1) is 14.3. The van der Waals surface area contributed by atoms with Gasteiger partial charge >= 0.3 is 0 Å². The van der Waals surface area contributed by atoms with Gasteiger partial charge in [0.15, 0.2) is 0 Å². The number of aromatic nitrogens is 1. The van der Waals surface area contributed by atoms with E-state index in [1.807, 2.05) is 18.2 Å². The Balaban J connectivity index is 1.72. The lowest BCUT2D eigenvalue weighted by molar-refractivity contribution is 0.170. The first-order valence-electron chi connectivity index (χ1n) is 7.24. The quantitative estimate of drug-likeness (QED) is 0.852. The molecule has 4 heteroatoms. The summed E-state index contributed by atoms with van der Waals surface area (Å²) in [5.74, 6) is 0.684. The summed E-state index contributed by atoms with van der Waals surface area (Å²) in [6.07, 6.45) is 4.09. The molecule has 1 saturated heterocycles. The average Bonchev–Trinajstić information content (AvgIpc) is 2.48. The third kappa shape index (κ3) is 4.48. The number of methoxy groups -OCH3 is 1. The zero-order valence-corrected chi connectivity index (χ0v) is 12.1. The van der Waals surface area contributed by atoms with Gasteiger partial charge < -0.3 is 10.1 Å². The number of piperidine rings is 1. The summed E-state index contributed by atoms with van der Waals surface area (Å²) in [4.78, 5) is 6.98. The van der Waals surface area contributed by atoms with E-state index in [4.69, 9.17) is 4.74 Å². The van der Waals surface area contributed by atoms with Crippen LogP contribution in [0.5, 0.6) is 5.88 Å². The van der Waals surface area contributed by atoms with Gasteiger partial charge in [-0.3, -0.25) is 4.90 Å². The van der Waals surface area contributed by atoms with Gasteiger partial charge in [0.25, 0.3) is 0 Å². The number of hydrogen-bond acceptors (Lipinski definition) is 4. The summed E-state index contributed by atoms with van der Waals surface area (Å²) in [5.41, 5.74) is 1.03. The molecule has 0 spiro atoms. The number of pyridine rings is 1. The largest absolute Gasteiger partial charge is 0.481 e. The fourth-order valence-corrected chi connectivity index (χ4v) is 2.57. The molecule has 1 aromatic heterocycles. The van der Waals surface area contributed by atoms with E-state index in [1.54, 1.807) is 7.11 Å². The lowest BCUT2D eigenvalue weighted by atomic mass is 10.1. The Kier molecular flexibility index (Phi) is 5.61. The highest BCUT2D eigenvalue weighted by molar-refractivity contribution is 5.15. The van der Waals surface area contributed by atoms with E-state index in [9.17, 15) is 0 Å². The van der Waals surface area contributed by atoms with E-state index in [0.717, 1.165) is 18.8 Å². The first-order chi connectivity index (χ1) is 9.29. The van der Waals surface area contributed by atoms with Crippen molar-refractivity contribution in [3.05, 3.63) is 23.9 Å². The van der Waals surface area contributed by atoms with Crippen molar-refractivity contribution < 1.29 is 4.74 Å². The van der Waals surface area contributed by atoms with E-state index in [1.165, 1.54) is 32.4 Å². The molecule has 1 unspecified atom stereocenters. The predicted molar refractivity (Wildman–Crippen MR) is 77.4 cm³/mol. The van der Waals surface area contributed by atoms with E-state index < -0.39 is 0 Å². The second-order valence-electron chi connectivity index (χ2n) is 5.25. The Hall–Kier alpha value is -1.13. The molecule has 0 bridgehead atoms. The summed E-state index contributed by atoms with van der Waals surface area (Å²) < 4.78 is 5.13. The van der Waals surface area contributed by atoms with E-state index in [2.05, 4.69) is 22.1 Å². The average molecular weight is 263 g/mol. The molecule has 0 aliphatic carbocycles. The van der Waals surface area contributed by atoms with E-state index in [-0.39, 0.29) is 0 Å². The molecule has 0 amide bonds. The summed E-state index contributed by atoms with van der Waals surface area (Å²) in [6, 6.07) is 6.49. The van der Waals surface area contributed by atoms with Gasteiger partial charge in [0.05, 0.1) is 12.8 Å². The van der Waals surface area contributed by atoms with Crippen LogP contribution in [-0.4, -0.2) is 42.7 Å². The van der Waals surface area contributed by atoms with Crippen LogP contribution in [0.2, 0.25) is 0 Å². The van der Waals surface area contributed by atoms with Crippen LogP contribution in [0.25, 0.3) is 0 Å². The standard InChI is InChI=1S/C15H25N3O/c1-13(18-9-4-3-5-10-18)11-16-12-14-7-6-8-15(17-14)19-2/h6-8,13,16H,3-5,9-12H2,1-2H3. The molecule has 0 radical (unpaired) electrons. The van der Waals surface area contributed by atoms with Gasteiger partial charge in [0.1, 0.15) is 0 Å². The zero-order chi connectivity index (χ0) is 13.5. The maximum Gasteiger partial charge on any atom is 0.213 e. The van der Waals surface area contributed by atoms with Gasteiger partial charge in [-0.05, 0) is 38.9 Å². The number of nitrogens with zero attached hydrogens (tertiary/aromatic N) is 2. The van der Waals surface area contributed by atoms with E-state index in [0.29, 0.717) is 11.9 Å². The molecule has 1 fully saturated rings. The Morgan fingerprint density at radius 3 is 2.84 bits per heavy atom. The van der Waals surface area contributed by atoms with Crippen LogP contribution in [0, 0.1) is 0 Å². The fourth-order valence-electron chi connectivity index (χ4n) is 2.57. The van der Waals surface area contributed by atoms with Crippen LogP contribution in [0.3, 0.4) is 0 Å². The second kappa shape index (κ2) is 7.46. The molecule has 1 aliphatic rings. The summed E-state index contributed by atoms with van der Waals surface area (Å²) in [7, 11) is 1.65. The van der Waals surface area contributed by atoms with Crippen LogP contribution in [0.15, 0.2) is 18.2 Å². The van der Waals surface area contributed by atoms with Crippen LogP contribution in [-0.2, 0) is 6.54 Å². The number of hydrogen-bond donors (Lipinski definition) is 1. The minimum atomic E-state index is 0.603. The SMILES string of the molecule is COc1cccc(CNCC(C)N2CCCCC2)n1. The molecule has 1 aromatic rings. The van der Waals surface area contributed by atoms with Crippen molar-refractivity contribution in [2.75, 3.05) is 26.7 Å². The summed E-state index contributed by atoms with van der Waals surface area (Å²) in [5, 5.41) is 3.49. The van der Waals surface area contributed by atoms with Crippen LogP contribution in [0.1, 0.15) is 31.9 Å². The lowest BCUT2D eigenvalue weighted by Gasteiger charge is -2.32. The Morgan fingerprint density at radius 1 is 1.32 bits per heavy atom. The third-order valence-corrected chi connectivity index (χ3v) is 3.75. The minimum Gasteiger partial charge on any atom is -0.481 e. The fraction of sp³-hybridized carbons (Fsp3) is 0.667. The highest BCUT2D eigenvalue weighted by Gasteiger charge is 2.15. The monoisotopic (exact) mass is 263 g/mol. The van der Waals surface area contributed by atoms with Crippen molar-refractivity contribution in [3.8, 4) is 5.88 Å². The molecular formula is C15H25N3O. The Labute approximate surface area is 116 Å². The van der Waals surface area contributed by atoms with Gasteiger partial charge in [-0.1, -0.05) is 12.5 Å². The molecular weight excluding hydrogens is 238 g/mol. The van der Waals surface area contributed by atoms with Gasteiger partial charge in [-0.2, -0.15) is 0 Å². The predicted octanol–water partition coefficient (Wildman–Crippen LogP) is 2.05. The Bertz CT molecular complexity index is 377. The van der Waals surface area contributed by atoms with Crippen molar-refractivity contribution in [1.82, 2.24) is 15.2 Å². The highest BCUT2D eigenvalue weighted by atomic mass is 16.5. The molecule has 1 aliphatic heterocycles. The first-order valence-corrected chi connectivity index (χ1v) is 7.24. The van der Waals surface area contributed by atoms with Crippen LogP contribution >= 0.6 is 0 Å². The number of ether oxygens (including phenoxy) is 1. The molecule has 2 rings (SSSR count). The van der Waals surface area contributed by atoms with E-state index >= 15 is 0 Å². The summed E-state index contributed by atoms with van der Waals surface area (Å²) >= 11 is 0. The van der Waals surface area contributed by atoms with Crippen LogP contribution < -0.4 is 10.1 Å². The van der Waals surface area contributed by atoms with Crippen molar-refractivity contribution in [1.29, 1.82) is 0 Å². The third-order valence-electron chi connectivity index (χ3n) is 3.75. The second-order valence-corrected chi connectivity index (χ2v) is 5.25. The topological polar surface area (TPSA) is 37.4 Å². The number of nitrogens with one attached hydrogen (secondary N) is 1. The van der Waals surface area contributed by atoms with Gasteiger partial charge in [0, 0.05) is 25.2 Å². The van der Waals surface area contributed by atoms with Gasteiger partial charge in [-0.15, -0.1) is 0 Å². The van der Waals surface area contributed by atoms with Gasteiger partial charge in [0.2, 0.25) is 5.88 Å². The maximum absolute atomic E-state index is 5.13. The van der Waals surface area contributed by atoms with Crippen LogP contribution in [0.4, 0.5) is 0 Å². The maximum atomic E-state index is 5.13. The number of likely N-dealkylation sites (tertiary alicyclic amines) is 1.